The van der Waals surface area contributed by atoms with Crippen molar-refractivity contribution in [2.45, 2.75) is 25.4 Å². The van der Waals surface area contributed by atoms with Crippen molar-refractivity contribution in [3.63, 3.8) is 0 Å². The lowest BCUT2D eigenvalue weighted by atomic mass is 10.0. The number of halogens is 1. The van der Waals surface area contributed by atoms with Crippen LogP contribution in [-0.4, -0.2) is 55.3 Å². The number of carbonyl (C=O) groups excluding carboxylic acids is 1. The van der Waals surface area contributed by atoms with Crippen molar-refractivity contribution in [3.05, 3.63) is 24.0 Å². The van der Waals surface area contributed by atoms with Gasteiger partial charge in [0.2, 0.25) is 5.91 Å². The summed E-state index contributed by atoms with van der Waals surface area (Å²) in [5, 5.41) is 9.90. The molecule has 1 aliphatic carbocycles. The minimum atomic E-state index is -0.488. The first-order valence-electron chi connectivity index (χ1n) is 8.15. The predicted molar refractivity (Wildman–Crippen MR) is 85.1 cm³/mol. The quantitative estimate of drug-likeness (QED) is 0.919. The maximum Gasteiger partial charge on any atom is 0.228 e. The Hall–Kier alpha value is -1.82. The SMILES string of the molecule is COc1cc(F)ccc1N1CCN(C(=O)C2CCCC2O)CC1. The maximum absolute atomic E-state index is 13.3. The molecule has 2 aliphatic rings. The number of carbonyl (C=O) groups is 1. The first-order valence-corrected chi connectivity index (χ1v) is 8.15. The number of aliphatic hydroxyl groups excluding tert-OH is 1. The van der Waals surface area contributed by atoms with E-state index in [1.807, 2.05) is 4.90 Å². The summed E-state index contributed by atoms with van der Waals surface area (Å²) in [5.74, 6) is 0.0215. The van der Waals surface area contributed by atoms with Crippen LogP contribution < -0.4 is 9.64 Å². The first kappa shape index (κ1) is 16.1. The number of rotatable bonds is 3. The van der Waals surface area contributed by atoms with Gasteiger partial charge in [-0.1, -0.05) is 0 Å². The van der Waals surface area contributed by atoms with Crippen LogP contribution in [0.4, 0.5) is 10.1 Å². The van der Waals surface area contributed by atoms with E-state index in [0.717, 1.165) is 24.9 Å². The van der Waals surface area contributed by atoms with Gasteiger partial charge in [-0.25, -0.2) is 4.39 Å². The van der Waals surface area contributed by atoms with E-state index in [0.29, 0.717) is 31.9 Å². The van der Waals surface area contributed by atoms with Crippen molar-refractivity contribution in [3.8, 4) is 5.75 Å². The second-order valence-corrected chi connectivity index (χ2v) is 6.23. The lowest BCUT2D eigenvalue weighted by molar-refractivity contribution is -0.138. The summed E-state index contributed by atoms with van der Waals surface area (Å²) < 4.78 is 18.6. The van der Waals surface area contributed by atoms with Gasteiger partial charge in [0.1, 0.15) is 11.6 Å². The van der Waals surface area contributed by atoms with E-state index in [1.165, 1.54) is 19.2 Å². The van der Waals surface area contributed by atoms with Crippen molar-refractivity contribution < 1.29 is 19.0 Å². The van der Waals surface area contributed by atoms with Gasteiger partial charge >= 0.3 is 0 Å². The monoisotopic (exact) mass is 322 g/mol. The molecule has 6 heteroatoms. The Morgan fingerprint density at radius 2 is 2.00 bits per heavy atom. The zero-order valence-electron chi connectivity index (χ0n) is 13.4. The minimum Gasteiger partial charge on any atom is -0.494 e. The number of aliphatic hydroxyl groups is 1. The van der Waals surface area contributed by atoms with Gasteiger partial charge in [0.15, 0.2) is 0 Å². The normalized spacial score (nSPS) is 24.8. The molecule has 2 unspecified atom stereocenters. The van der Waals surface area contributed by atoms with Crippen LogP contribution in [0.2, 0.25) is 0 Å². The largest absolute Gasteiger partial charge is 0.494 e. The number of ether oxygens (including phenoxy) is 1. The third-order valence-corrected chi connectivity index (χ3v) is 4.87. The van der Waals surface area contributed by atoms with Crippen LogP contribution in [0.5, 0.6) is 5.75 Å². The summed E-state index contributed by atoms with van der Waals surface area (Å²) in [4.78, 5) is 16.4. The van der Waals surface area contributed by atoms with Crippen LogP contribution in [0.15, 0.2) is 18.2 Å². The van der Waals surface area contributed by atoms with E-state index >= 15 is 0 Å². The number of anilines is 1. The highest BCUT2D eigenvalue weighted by molar-refractivity contribution is 5.80. The van der Waals surface area contributed by atoms with Gasteiger partial charge in [-0.05, 0) is 31.4 Å². The highest BCUT2D eigenvalue weighted by Gasteiger charge is 2.35. The molecule has 0 spiro atoms. The third-order valence-electron chi connectivity index (χ3n) is 4.87. The van der Waals surface area contributed by atoms with Gasteiger partial charge in [0, 0.05) is 32.2 Å². The Labute approximate surface area is 135 Å². The second kappa shape index (κ2) is 6.74. The van der Waals surface area contributed by atoms with Crippen LogP contribution >= 0.6 is 0 Å². The first-order chi connectivity index (χ1) is 11.1. The summed E-state index contributed by atoms with van der Waals surface area (Å²) in [7, 11) is 1.53. The van der Waals surface area contributed by atoms with Crippen molar-refractivity contribution in [2.75, 3.05) is 38.2 Å². The molecule has 1 saturated heterocycles. The number of hydrogen-bond donors (Lipinski definition) is 1. The number of amides is 1. The second-order valence-electron chi connectivity index (χ2n) is 6.23. The Kier molecular flexibility index (Phi) is 4.71. The average molecular weight is 322 g/mol. The summed E-state index contributed by atoms with van der Waals surface area (Å²) in [6.45, 7) is 2.58. The standard InChI is InChI=1S/C17H23FN2O3/c1-23-16-11-12(18)5-6-14(16)19-7-9-20(10-8-19)17(22)13-3-2-4-15(13)21/h5-6,11,13,15,21H,2-4,7-10H2,1H3. The van der Waals surface area contributed by atoms with Crippen LogP contribution in [0, 0.1) is 11.7 Å². The molecule has 2 atom stereocenters. The zero-order valence-corrected chi connectivity index (χ0v) is 13.4. The number of methoxy groups -OCH3 is 1. The Balaban J connectivity index is 1.63. The van der Waals surface area contributed by atoms with Gasteiger partial charge in [0.05, 0.1) is 24.8 Å². The number of hydrogen-bond acceptors (Lipinski definition) is 4. The summed E-state index contributed by atoms with van der Waals surface area (Å²) in [5.41, 5.74) is 0.849. The molecule has 3 rings (SSSR count). The highest BCUT2D eigenvalue weighted by Crippen LogP contribution is 2.31. The molecule has 1 aromatic rings. The van der Waals surface area contributed by atoms with Crippen LogP contribution in [0.25, 0.3) is 0 Å². The van der Waals surface area contributed by atoms with Gasteiger partial charge in [-0.2, -0.15) is 0 Å². The Bertz CT molecular complexity index is 573. The molecule has 1 heterocycles. The summed E-state index contributed by atoms with van der Waals surface area (Å²) in [6.07, 6.45) is 1.94. The van der Waals surface area contributed by atoms with E-state index in [1.54, 1.807) is 6.07 Å². The Morgan fingerprint density at radius 3 is 2.61 bits per heavy atom. The van der Waals surface area contributed by atoms with Crippen LogP contribution in [0.1, 0.15) is 19.3 Å². The molecular formula is C17H23FN2O3. The molecule has 1 aromatic carbocycles. The van der Waals surface area contributed by atoms with Crippen LogP contribution in [0.3, 0.4) is 0 Å². The fourth-order valence-electron chi connectivity index (χ4n) is 3.54. The summed E-state index contributed by atoms with van der Waals surface area (Å²) >= 11 is 0. The van der Waals surface area contributed by atoms with Gasteiger partial charge in [-0.3, -0.25) is 4.79 Å². The van der Waals surface area contributed by atoms with Gasteiger partial charge < -0.3 is 19.6 Å². The average Bonchev–Trinajstić information content (AvgIpc) is 3.00. The van der Waals surface area contributed by atoms with Gasteiger partial charge in [0.25, 0.3) is 0 Å². The van der Waals surface area contributed by atoms with Gasteiger partial charge in [-0.15, -0.1) is 0 Å². The lowest BCUT2D eigenvalue weighted by Crippen LogP contribution is -2.51. The number of benzene rings is 1. The molecule has 1 amide bonds. The van der Waals surface area contributed by atoms with Crippen molar-refractivity contribution in [2.24, 2.45) is 5.92 Å². The lowest BCUT2D eigenvalue weighted by Gasteiger charge is -2.38. The predicted octanol–water partition coefficient (Wildman–Crippen LogP) is 1.64. The Morgan fingerprint density at radius 1 is 1.26 bits per heavy atom. The number of piperazine rings is 1. The van der Waals surface area contributed by atoms with E-state index < -0.39 is 6.10 Å². The highest BCUT2D eigenvalue weighted by atomic mass is 19.1. The minimum absolute atomic E-state index is 0.0701. The van der Waals surface area contributed by atoms with Crippen LogP contribution in [-0.2, 0) is 4.79 Å². The van der Waals surface area contributed by atoms with Crippen molar-refractivity contribution >= 4 is 11.6 Å². The van der Waals surface area contributed by atoms with E-state index in [2.05, 4.69) is 4.90 Å². The topological polar surface area (TPSA) is 53.0 Å². The molecule has 1 saturated carbocycles. The molecule has 23 heavy (non-hydrogen) atoms. The molecule has 2 fully saturated rings. The van der Waals surface area contributed by atoms with E-state index in [-0.39, 0.29) is 17.6 Å². The third kappa shape index (κ3) is 3.27. The molecule has 126 valence electrons. The molecule has 1 N–H and O–H groups in total. The van der Waals surface area contributed by atoms with Crippen molar-refractivity contribution in [1.82, 2.24) is 4.90 Å². The number of nitrogens with zero attached hydrogens (tertiary/aromatic N) is 2. The molecular weight excluding hydrogens is 299 g/mol. The molecule has 5 nitrogen and oxygen atoms in total. The molecule has 1 aliphatic heterocycles. The van der Waals surface area contributed by atoms with Crippen molar-refractivity contribution in [1.29, 1.82) is 0 Å². The zero-order chi connectivity index (χ0) is 16.4. The molecule has 0 bridgehead atoms. The fraction of sp³-hybridized carbons (Fsp3) is 0.588. The fourth-order valence-corrected chi connectivity index (χ4v) is 3.54. The molecule has 0 radical (unpaired) electrons. The van der Waals surface area contributed by atoms with E-state index in [4.69, 9.17) is 4.74 Å². The summed E-state index contributed by atoms with van der Waals surface area (Å²) in [6, 6.07) is 4.51. The molecule has 0 aromatic heterocycles. The van der Waals surface area contributed by atoms with E-state index in [9.17, 15) is 14.3 Å². The smallest absolute Gasteiger partial charge is 0.228 e. The maximum atomic E-state index is 13.3.